The maximum Gasteiger partial charge on any atom is 0.412 e. The van der Waals surface area contributed by atoms with Crippen molar-refractivity contribution in [2.75, 3.05) is 19.5 Å². The second-order valence-electron chi connectivity index (χ2n) is 5.48. The molecule has 0 fully saturated rings. The van der Waals surface area contributed by atoms with Crippen molar-refractivity contribution in [1.82, 2.24) is 0 Å². The number of nitrogens with one attached hydrogen (secondary N) is 1. The summed E-state index contributed by atoms with van der Waals surface area (Å²) in [6.45, 7) is 5.34. The van der Waals surface area contributed by atoms with Crippen LogP contribution in [0, 0.1) is 0 Å². The van der Waals surface area contributed by atoms with E-state index in [1.54, 1.807) is 45.0 Å². The molecule has 0 spiro atoms. The third-order valence-electron chi connectivity index (χ3n) is 2.42. The Balaban J connectivity index is 2.93. The van der Waals surface area contributed by atoms with Crippen molar-refractivity contribution in [3.8, 4) is 5.75 Å². The number of carbonyl (C=O) groups is 2. The van der Waals surface area contributed by atoms with Crippen LogP contribution in [0.1, 0.15) is 26.3 Å². The molecule has 0 atom stereocenters. The molecule has 0 unspecified atom stereocenters. The Labute approximate surface area is 130 Å². The van der Waals surface area contributed by atoms with Gasteiger partial charge in [-0.25, -0.2) is 9.59 Å². The van der Waals surface area contributed by atoms with Gasteiger partial charge in [-0.2, -0.15) is 0 Å². The molecule has 6 nitrogen and oxygen atoms in total. The number of rotatable bonds is 4. The summed E-state index contributed by atoms with van der Waals surface area (Å²) in [5.41, 5.74) is 0.588. The minimum Gasteiger partial charge on any atom is -0.497 e. The molecule has 6 heteroatoms. The molecule has 0 heterocycles. The van der Waals surface area contributed by atoms with E-state index in [0.29, 0.717) is 17.0 Å². The van der Waals surface area contributed by atoms with Crippen molar-refractivity contribution in [2.45, 2.75) is 26.4 Å². The predicted octanol–water partition coefficient (Wildman–Crippen LogP) is 3.23. The summed E-state index contributed by atoms with van der Waals surface area (Å²) in [6.07, 6.45) is 2.28. The van der Waals surface area contributed by atoms with Crippen molar-refractivity contribution < 1.29 is 23.8 Å². The molecule has 1 aromatic carbocycles. The number of hydrogen-bond donors (Lipinski definition) is 1. The standard InChI is InChI=1S/C16H21NO5/c1-16(2,3)22-15(19)17-12-8-11(6-7-14(18)21-5)9-13(10-12)20-4/h6-10H,1-5H3,(H,17,19)/b7-6+. The maximum atomic E-state index is 11.8. The fourth-order valence-electron chi connectivity index (χ4n) is 1.56. The fraction of sp³-hybridized carbons (Fsp3) is 0.375. The van der Waals surface area contributed by atoms with Gasteiger partial charge in [0.15, 0.2) is 0 Å². The number of ether oxygens (including phenoxy) is 3. The lowest BCUT2D eigenvalue weighted by molar-refractivity contribution is -0.134. The van der Waals surface area contributed by atoms with Crippen LogP contribution in [-0.2, 0) is 14.3 Å². The average molecular weight is 307 g/mol. The van der Waals surface area contributed by atoms with Crippen LogP contribution in [0.5, 0.6) is 5.75 Å². The number of carbonyl (C=O) groups excluding carboxylic acids is 2. The van der Waals surface area contributed by atoms with E-state index in [9.17, 15) is 9.59 Å². The molecule has 22 heavy (non-hydrogen) atoms. The zero-order valence-corrected chi connectivity index (χ0v) is 13.4. The zero-order valence-electron chi connectivity index (χ0n) is 13.4. The van der Waals surface area contributed by atoms with E-state index in [-0.39, 0.29) is 0 Å². The van der Waals surface area contributed by atoms with Crippen molar-refractivity contribution >= 4 is 23.8 Å². The first kappa shape index (κ1) is 17.6. The number of amides is 1. The molecule has 1 amide bonds. The molecule has 1 aromatic rings. The normalized spacial score (nSPS) is 11.1. The summed E-state index contributed by atoms with van der Waals surface area (Å²) < 4.78 is 14.9. The summed E-state index contributed by atoms with van der Waals surface area (Å²) in [7, 11) is 2.81. The van der Waals surface area contributed by atoms with E-state index in [2.05, 4.69) is 10.1 Å². The molecule has 1 N–H and O–H groups in total. The molecule has 0 radical (unpaired) electrons. The molecule has 0 saturated carbocycles. The van der Waals surface area contributed by atoms with E-state index >= 15 is 0 Å². The number of esters is 1. The molecule has 120 valence electrons. The Bertz CT molecular complexity index is 572. The van der Waals surface area contributed by atoms with Gasteiger partial charge in [0.05, 0.1) is 14.2 Å². The van der Waals surface area contributed by atoms with Gasteiger partial charge in [-0.15, -0.1) is 0 Å². The minimum absolute atomic E-state index is 0.468. The predicted molar refractivity (Wildman–Crippen MR) is 83.9 cm³/mol. The van der Waals surface area contributed by atoms with Crippen LogP contribution in [0.3, 0.4) is 0 Å². The van der Waals surface area contributed by atoms with Crippen LogP contribution < -0.4 is 10.1 Å². The molecule has 0 aliphatic carbocycles. The highest BCUT2D eigenvalue weighted by molar-refractivity contribution is 5.88. The first-order valence-corrected chi connectivity index (χ1v) is 6.68. The van der Waals surface area contributed by atoms with Gasteiger partial charge in [0.1, 0.15) is 11.4 Å². The lowest BCUT2D eigenvalue weighted by Gasteiger charge is -2.20. The third kappa shape index (κ3) is 6.30. The highest BCUT2D eigenvalue weighted by atomic mass is 16.6. The van der Waals surface area contributed by atoms with E-state index in [4.69, 9.17) is 9.47 Å². The smallest absolute Gasteiger partial charge is 0.412 e. The van der Waals surface area contributed by atoms with Crippen LogP contribution in [0.25, 0.3) is 6.08 Å². The van der Waals surface area contributed by atoms with E-state index in [1.807, 2.05) is 0 Å². The average Bonchev–Trinajstić information content (AvgIpc) is 2.42. The third-order valence-corrected chi connectivity index (χ3v) is 2.42. The Morgan fingerprint density at radius 2 is 1.82 bits per heavy atom. The SMILES string of the molecule is COC(=O)/C=C/c1cc(NC(=O)OC(C)(C)C)cc(OC)c1. The molecular formula is C16H21NO5. The van der Waals surface area contributed by atoms with E-state index in [1.165, 1.54) is 20.3 Å². The lowest BCUT2D eigenvalue weighted by Crippen LogP contribution is -2.27. The van der Waals surface area contributed by atoms with Crippen LogP contribution in [0.4, 0.5) is 10.5 Å². The maximum absolute atomic E-state index is 11.8. The monoisotopic (exact) mass is 307 g/mol. The van der Waals surface area contributed by atoms with Gasteiger partial charge in [0.25, 0.3) is 0 Å². The topological polar surface area (TPSA) is 73.9 Å². The second-order valence-corrected chi connectivity index (χ2v) is 5.48. The quantitative estimate of drug-likeness (QED) is 0.683. The summed E-state index contributed by atoms with van der Waals surface area (Å²) in [4.78, 5) is 22.9. The molecule has 1 rings (SSSR count). The first-order chi connectivity index (χ1) is 10.2. The largest absolute Gasteiger partial charge is 0.497 e. The molecular weight excluding hydrogens is 286 g/mol. The second kappa shape index (κ2) is 7.49. The van der Waals surface area contributed by atoms with Gasteiger partial charge < -0.3 is 14.2 Å². The summed E-state index contributed by atoms with van der Waals surface area (Å²) in [5, 5.41) is 2.62. The lowest BCUT2D eigenvalue weighted by atomic mass is 10.1. The van der Waals surface area contributed by atoms with Crippen molar-refractivity contribution in [1.29, 1.82) is 0 Å². The number of anilines is 1. The van der Waals surface area contributed by atoms with Crippen LogP contribution in [0.2, 0.25) is 0 Å². The zero-order chi connectivity index (χ0) is 16.8. The highest BCUT2D eigenvalue weighted by Gasteiger charge is 2.16. The molecule has 0 aromatic heterocycles. The number of benzene rings is 1. The number of methoxy groups -OCH3 is 2. The van der Waals surface area contributed by atoms with Crippen molar-refractivity contribution in [3.05, 3.63) is 29.8 Å². The van der Waals surface area contributed by atoms with Crippen molar-refractivity contribution in [3.63, 3.8) is 0 Å². The summed E-state index contributed by atoms with van der Waals surface area (Å²) >= 11 is 0. The summed E-state index contributed by atoms with van der Waals surface area (Å²) in [6, 6.07) is 5.06. The van der Waals surface area contributed by atoms with E-state index in [0.717, 1.165) is 0 Å². The Morgan fingerprint density at radius 3 is 2.36 bits per heavy atom. The number of hydrogen-bond acceptors (Lipinski definition) is 5. The van der Waals surface area contributed by atoms with Gasteiger partial charge >= 0.3 is 12.1 Å². The Morgan fingerprint density at radius 1 is 1.14 bits per heavy atom. The minimum atomic E-state index is -0.587. The molecule has 0 aliphatic heterocycles. The van der Waals surface area contributed by atoms with Gasteiger partial charge in [-0.3, -0.25) is 5.32 Å². The highest BCUT2D eigenvalue weighted by Crippen LogP contribution is 2.22. The van der Waals surface area contributed by atoms with Crippen LogP contribution >= 0.6 is 0 Å². The Hall–Kier alpha value is -2.50. The fourth-order valence-corrected chi connectivity index (χ4v) is 1.56. The van der Waals surface area contributed by atoms with Gasteiger partial charge in [-0.1, -0.05) is 0 Å². The van der Waals surface area contributed by atoms with Gasteiger partial charge in [0, 0.05) is 17.8 Å². The molecule has 0 aliphatic rings. The molecule has 0 saturated heterocycles. The van der Waals surface area contributed by atoms with Crippen LogP contribution in [0.15, 0.2) is 24.3 Å². The van der Waals surface area contributed by atoms with E-state index < -0.39 is 17.7 Å². The van der Waals surface area contributed by atoms with Crippen LogP contribution in [-0.4, -0.2) is 31.9 Å². The molecule has 0 bridgehead atoms. The first-order valence-electron chi connectivity index (χ1n) is 6.68. The van der Waals surface area contributed by atoms with Crippen molar-refractivity contribution in [2.24, 2.45) is 0 Å². The van der Waals surface area contributed by atoms with Gasteiger partial charge in [0.2, 0.25) is 0 Å². The Kier molecular flexibility index (Phi) is 5.98. The van der Waals surface area contributed by atoms with Gasteiger partial charge in [-0.05, 0) is 44.5 Å². The summed E-state index contributed by atoms with van der Waals surface area (Å²) in [5.74, 6) is 0.0718.